The van der Waals surface area contributed by atoms with Gasteiger partial charge in [-0.3, -0.25) is 4.99 Å². The van der Waals surface area contributed by atoms with Gasteiger partial charge in [0.2, 0.25) is 0 Å². The first-order valence-corrected chi connectivity index (χ1v) is 7.43. The summed E-state index contributed by atoms with van der Waals surface area (Å²) in [7, 11) is 1.82. The number of hydrogen-bond donors (Lipinski definition) is 2. The highest BCUT2D eigenvalue weighted by molar-refractivity contribution is 14.0. The summed E-state index contributed by atoms with van der Waals surface area (Å²) in [5, 5.41) is 7.90. The van der Waals surface area contributed by atoms with Crippen LogP contribution in [-0.4, -0.2) is 24.0 Å². The van der Waals surface area contributed by atoms with Crippen LogP contribution in [0.25, 0.3) is 0 Å². The minimum Gasteiger partial charge on any atom is -0.353 e. The molecule has 1 heterocycles. The van der Waals surface area contributed by atoms with E-state index in [9.17, 15) is 0 Å². The van der Waals surface area contributed by atoms with Gasteiger partial charge in [-0.1, -0.05) is 13.3 Å². The second-order valence-electron chi connectivity index (χ2n) is 4.83. The predicted molar refractivity (Wildman–Crippen MR) is 92.4 cm³/mol. The Labute approximate surface area is 136 Å². The molecule has 0 spiro atoms. The minimum atomic E-state index is 0. The van der Waals surface area contributed by atoms with Crippen molar-refractivity contribution < 1.29 is 0 Å². The van der Waals surface area contributed by atoms with Crippen molar-refractivity contribution in [2.45, 2.75) is 45.7 Å². The Kier molecular flexibility index (Phi) is 7.06. The molecule has 19 heavy (non-hydrogen) atoms. The third-order valence-electron chi connectivity index (χ3n) is 3.20. The number of aliphatic imine (C=N–C) groups is 1. The maximum absolute atomic E-state index is 4.33. The van der Waals surface area contributed by atoms with Crippen LogP contribution in [0.15, 0.2) is 11.2 Å². The first-order valence-electron chi connectivity index (χ1n) is 6.61. The number of aromatic nitrogens is 1. The van der Waals surface area contributed by atoms with Gasteiger partial charge in [0.25, 0.3) is 0 Å². The fourth-order valence-corrected chi connectivity index (χ4v) is 2.85. The van der Waals surface area contributed by atoms with E-state index in [1.54, 1.807) is 11.3 Å². The second-order valence-corrected chi connectivity index (χ2v) is 6.15. The minimum absolute atomic E-state index is 0. The fourth-order valence-electron chi connectivity index (χ4n) is 2.13. The molecule has 108 valence electrons. The summed E-state index contributed by atoms with van der Waals surface area (Å²) >= 11 is 1.73. The second kappa shape index (κ2) is 8.04. The summed E-state index contributed by atoms with van der Waals surface area (Å²) in [5.74, 6) is 1.74. The molecule has 2 rings (SSSR count). The molecule has 1 aliphatic rings. The topological polar surface area (TPSA) is 49.3 Å². The third-order valence-corrected chi connectivity index (χ3v) is 4.12. The van der Waals surface area contributed by atoms with Crippen LogP contribution in [0.4, 0.5) is 0 Å². The van der Waals surface area contributed by atoms with Gasteiger partial charge in [0.15, 0.2) is 5.96 Å². The molecule has 0 amide bonds. The zero-order valence-corrected chi connectivity index (χ0v) is 14.9. The number of thiazole rings is 1. The van der Waals surface area contributed by atoms with Crippen LogP contribution >= 0.6 is 35.3 Å². The molecule has 1 aromatic heterocycles. The largest absolute Gasteiger partial charge is 0.353 e. The lowest BCUT2D eigenvalue weighted by molar-refractivity contribution is 0.655. The van der Waals surface area contributed by atoms with Crippen molar-refractivity contribution in [1.29, 1.82) is 0 Å². The zero-order chi connectivity index (χ0) is 13.0. The Morgan fingerprint density at radius 2 is 2.37 bits per heavy atom. The van der Waals surface area contributed by atoms with Gasteiger partial charge in [-0.15, -0.1) is 35.3 Å². The molecule has 0 bridgehead atoms. The van der Waals surface area contributed by atoms with E-state index in [0.29, 0.717) is 6.04 Å². The Hall–Kier alpha value is -0.370. The van der Waals surface area contributed by atoms with Crippen LogP contribution < -0.4 is 10.6 Å². The van der Waals surface area contributed by atoms with Crippen molar-refractivity contribution in [2.75, 3.05) is 7.05 Å². The molecule has 1 aliphatic carbocycles. The van der Waals surface area contributed by atoms with E-state index in [1.807, 2.05) is 13.2 Å². The standard InChI is InChI=1S/C13H22N4S.HI/c1-4-5-10-6-11(10)17-13(14-3)16-8-12-15-7-9(2)18-12;/h7,10-11H,4-6,8H2,1-3H3,(H2,14,16,17);1H. The monoisotopic (exact) mass is 394 g/mol. The van der Waals surface area contributed by atoms with Gasteiger partial charge in [-0.05, 0) is 25.7 Å². The molecule has 1 aromatic rings. The van der Waals surface area contributed by atoms with Gasteiger partial charge in [0.05, 0.1) is 6.54 Å². The zero-order valence-electron chi connectivity index (χ0n) is 11.8. The number of rotatable bonds is 5. The fraction of sp³-hybridized carbons (Fsp3) is 0.692. The average molecular weight is 394 g/mol. The van der Waals surface area contributed by atoms with Crippen molar-refractivity contribution in [3.8, 4) is 0 Å². The summed E-state index contributed by atoms with van der Waals surface area (Å²) in [4.78, 5) is 9.84. The number of hydrogen-bond acceptors (Lipinski definition) is 3. The number of halogens is 1. The molecule has 2 atom stereocenters. The summed E-state index contributed by atoms with van der Waals surface area (Å²) in [6.07, 6.45) is 5.79. The van der Waals surface area contributed by atoms with Crippen molar-refractivity contribution in [2.24, 2.45) is 10.9 Å². The van der Waals surface area contributed by atoms with Gasteiger partial charge in [-0.25, -0.2) is 4.98 Å². The Bertz CT molecular complexity index is 419. The van der Waals surface area contributed by atoms with Crippen LogP contribution in [0, 0.1) is 12.8 Å². The highest BCUT2D eigenvalue weighted by Crippen LogP contribution is 2.34. The van der Waals surface area contributed by atoms with Crippen molar-refractivity contribution in [3.63, 3.8) is 0 Å². The van der Waals surface area contributed by atoms with Gasteiger partial charge in [0.1, 0.15) is 5.01 Å². The number of nitrogens with one attached hydrogen (secondary N) is 2. The van der Waals surface area contributed by atoms with Crippen LogP contribution in [0.1, 0.15) is 36.1 Å². The molecular formula is C13H23IN4S. The summed E-state index contributed by atoms with van der Waals surface area (Å²) in [6.45, 7) is 5.07. The lowest BCUT2D eigenvalue weighted by Crippen LogP contribution is -2.38. The first-order chi connectivity index (χ1) is 8.72. The lowest BCUT2D eigenvalue weighted by atomic mass is 10.2. The molecule has 1 saturated carbocycles. The van der Waals surface area contributed by atoms with E-state index in [1.165, 1.54) is 24.1 Å². The highest BCUT2D eigenvalue weighted by atomic mass is 127. The predicted octanol–water partition coefficient (Wildman–Crippen LogP) is 2.92. The van der Waals surface area contributed by atoms with Crippen LogP contribution in [0.3, 0.4) is 0 Å². The van der Waals surface area contributed by atoms with E-state index in [2.05, 4.69) is 34.5 Å². The van der Waals surface area contributed by atoms with Crippen molar-refractivity contribution >= 4 is 41.3 Å². The van der Waals surface area contributed by atoms with Gasteiger partial charge in [0, 0.05) is 24.2 Å². The molecule has 0 radical (unpaired) electrons. The maximum Gasteiger partial charge on any atom is 0.191 e. The molecule has 0 saturated heterocycles. The van der Waals surface area contributed by atoms with Crippen molar-refractivity contribution in [3.05, 3.63) is 16.1 Å². The summed E-state index contributed by atoms with van der Waals surface area (Å²) in [5.41, 5.74) is 0. The maximum atomic E-state index is 4.33. The number of aryl methyl sites for hydroxylation is 1. The molecular weight excluding hydrogens is 371 g/mol. The number of nitrogens with zero attached hydrogens (tertiary/aromatic N) is 2. The SMILES string of the molecule is CCCC1CC1NC(=NC)NCc1ncc(C)s1.I. The summed E-state index contributed by atoms with van der Waals surface area (Å²) < 4.78 is 0. The lowest BCUT2D eigenvalue weighted by Gasteiger charge is -2.10. The molecule has 0 aliphatic heterocycles. The Morgan fingerprint density at radius 1 is 1.58 bits per heavy atom. The Morgan fingerprint density at radius 3 is 2.95 bits per heavy atom. The quantitative estimate of drug-likeness (QED) is 0.459. The Balaban J connectivity index is 0.00000180. The van der Waals surface area contributed by atoms with Gasteiger partial charge < -0.3 is 10.6 Å². The van der Waals surface area contributed by atoms with E-state index >= 15 is 0 Å². The first kappa shape index (κ1) is 16.7. The highest BCUT2D eigenvalue weighted by Gasteiger charge is 2.36. The molecule has 0 aromatic carbocycles. The summed E-state index contributed by atoms with van der Waals surface area (Å²) in [6, 6.07) is 0.620. The molecule has 2 N–H and O–H groups in total. The molecule has 4 nitrogen and oxygen atoms in total. The normalized spacial score (nSPS) is 21.7. The van der Waals surface area contributed by atoms with E-state index in [0.717, 1.165) is 23.4 Å². The van der Waals surface area contributed by atoms with Crippen LogP contribution in [-0.2, 0) is 6.54 Å². The number of guanidine groups is 1. The molecule has 6 heteroatoms. The average Bonchev–Trinajstić information content (AvgIpc) is 2.95. The van der Waals surface area contributed by atoms with E-state index in [-0.39, 0.29) is 24.0 Å². The smallest absolute Gasteiger partial charge is 0.191 e. The van der Waals surface area contributed by atoms with Gasteiger partial charge >= 0.3 is 0 Å². The molecule has 2 unspecified atom stereocenters. The van der Waals surface area contributed by atoms with Crippen LogP contribution in [0.5, 0.6) is 0 Å². The third kappa shape index (κ3) is 5.25. The molecule has 1 fully saturated rings. The van der Waals surface area contributed by atoms with Crippen LogP contribution in [0.2, 0.25) is 0 Å². The van der Waals surface area contributed by atoms with Gasteiger partial charge in [-0.2, -0.15) is 0 Å². The van der Waals surface area contributed by atoms with E-state index in [4.69, 9.17) is 0 Å². The van der Waals surface area contributed by atoms with Crippen molar-refractivity contribution in [1.82, 2.24) is 15.6 Å². The van der Waals surface area contributed by atoms with E-state index < -0.39 is 0 Å².